The summed E-state index contributed by atoms with van der Waals surface area (Å²) in [6.45, 7) is 0. The second kappa shape index (κ2) is 5.37. The predicted octanol–water partition coefficient (Wildman–Crippen LogP) is -2.59. The molecule has 0 aliphatic heterocycles. The number of phosphoric acid groups is 1. The van der Waals surface area contributed by atoms with E-state index < -0.39 is 35.1 Å². The Kier molecular flexibility index (Phi) is 6.40. The fourth-order valence-electron chi connectivity index (χ4n) is 0.109. The van der Waals surface area contributed by atoms with Crippen molar-refractivity contribution in [3.63, 3.8) is 0 Å². The first-order chi connectivity index (χ1) is 5.71. The van der Waals surface area contributed by atoms with Crippen molar-refractivity contribution < 1.29 is 72.8 Å². The van der Waals surface area contributed by atoms with E-state index in [-0.39, 0.29) is 0 Å². The second-order valence-electron chi connectivity index (χ2n) is 1.44. The van der Waals surface area contributed by atoms with Crippen LogP contribution in [0.4, 0.5) is 0 Å². The third-order valence-corrected chi connectivity index (χ3v) is 2.92. The summed E-state index contributed by atoms with van der Waals surface area (Å²) in [5.41, 5.74) is 0. The van der Waals surface area contributed by atoms with Crippen LogP contribution in [-0.2, 0) is 49.8 Å². The maximum atomic E-state index is 9.53. The van der Waals surface area contributed by atoms with Gasteiger partial charge in [0.1, 0.15) is 0 Å². The molecule has 0 aromatic rings. The summed E-state index contributed by atoms with van der Waals surface area (Å²) in [7, 11) is -4.64. The molecule has 14 heavy (non-hydrogen) atoms. The van der Waals surface area contributed by atoms with Crippen molar-refractivity contribution in [2.24, 2.45) is 0 Å². The van der Waals surface area contributed by atoms with Gasteiger partial charge < -0.3 is 14.7 Å². The molecule has 0 saturated heterocycles. The van der Waals surface area contributed by atoms with Gasteiger partial charge in [0, 0.05) is 0 Å². The van der Waals surface area contributed by atoms with Gasteiger partial charge in [-0.2, -0.15) is 0 Å². The summed E-state index contributed by atoms with van der Waals surface area (Å²) in [6.07, 6.45) is 0. The molecule has 0 heterocycles. The SMILES string of the molecule is O=P(O)(O)O.[O]=[Cr](=[O])([OH])[O][Cr](=[O])(=[O])[OH]. The monoisotopic (exact) mass is 316 g/mol. The van der Waals surface area contributed by atoms with Crippen LogP contribution in [0.5, 0.6) is 0 Å². The first-order valence-corrected chi connectivity index (χ1v) is 7.98. The molecule has 0 amide bonds. The number of hydrogen-bond acceptors (Lipinski definition) is 6. The number of rotatable bonds is 2. The van der Waals surface area contributed by atoms with Crippen LogP contribution in [0.15, 0.2) is 0 Å². The van der Waals surface area contributed by atoms with E-state index in [9.17, 15) is 15.2 Å². The van der Waals surface area contributed by atoms with Crippen molar-refractivity contribution in [3.05, 3.63) is 0 Å². The van der Waals surface area contributed by atoms with E-state index in [0.29, 0.717) is 0 Å². The molecule has 5 N–H and O–H groups in total. The Hall–Kier alpha value is 0.255. The quantitative estimate of drug-likeness (QED) is 0.335. The fraction of sp³-hybridized carbons (Fsp3) is 0. The van der Waals surface area contributed by atoms with Crippen molar-refractivity contribution in [1.82, 2.24) is 0 Å². The normalized spacial score (nSPS) is 12.9. The summed E-state index contributed by atoms with van der Waals surface area (Å²) < 4.78 is 65.1. The van der Waals surface area contributed by atoms with Crippen LogP contribution in [0.1, 0.15) is 0 Å². The first-order valence-electron chi connectivity index (χ1n) is 2.15. The molecule has 0 radical (unpaired) electrons. The van der Waals surface area contributed by atoms with Gasteiger partial charge in [0.2, 0.25) is 0 Å². The molecule has 0 spiro atoms. The van der Waals surface area contributed by atoms with Gasteiger partial charge in [-0.05, 0) is 0 Å². The Balaban J connectivity index is 0. The Morgan fingerprint density at radius 1 is 0.857 bits per heavy atom. The molecular formula is H5Cr2O11P. The third kappa shape index (κ3) is 39.7. The minimum atomic E-state index is -5.76. The Bertz CT molecular complexity index is 350. The molecule has 0 atom stereocenters. The molecule has 0 unspecified atom stereocenters. The van der Waals surface area contributed by atoms with Gasteiger partial charge in [0.15, 0.2) is 0 Å². The molecule has 0 aliphatic carbocycles. The average molecular weight is 316 g/mol. The van der Waals surface area contributed by atoms with Crippen LogP contribution in [0.25, 0.3) is 0 Å². The molecule has 0 aliphatic rings. The van der Waals surface area contributed by atoms with Gasteiger partial charge in [-0.1, -0.05) is 0 Å². The molecule has 14 heteroatoms. The van der Waals surface area contributed by atoms with Crippen LogP contribution in [0.3, 0.4) is 0 Å². The van der Waals surface area contributed by atoms with E-state index >= 15 is 0 Å². The molecule has 0 aromatic heterocycles. The average Bonchev–Trinajstić information content (AvgIpc) is 1.42. The molecule has 0 bridgehead atoms. The van der Waals surface area contributed by atoms with Crippen molar-refractivity contribution in [2.45, 2.75) is 0 Å². The van der Waals surface area contributed by atoms with Crippen LogP contribution in [-0.4, -0.2) is 23.0 Å². The van der Waals surface area contributed by atoms with Crippen LogP contribution < -0.4 is 0 Å². The molecule has 0 fully saturated rings. The molecular weight excluding hydrogens is 311 g/mol. The van der Waals surface area contributed by atoms with Gasteiger partial charge >= 0.3 is 61.4 Å². The predicted molar refractivity (Wildman–Crippen MR) is 22.5 cm³/mol. The molecule has 11 nitrogen and oxygen atoms in total. The summed E-state index contributed by atoms with van der Waals surface area (Å²) in [4.78, 5) is 21.6. The Labute approximate surface area is 81.0 Å². The number of hydrogen-bond donors (Lipinski definition) is 5. The zero-order valence-corrected chi connectivity index (χ0v) is 9.39. The fourth-order valence-corrected chi connectivity index (χ4v) is 1.85. The first kappa shape index (κ1) is 16.7. The van der Waals surface area contributed by atoms with Crippen LogP contribution in [0, 0.1) is 0 Å². The van der Waals surface area contributed by atoms with Crippen molar-refractivity contribution in [3.8, 4) is 0 Å². The molecule has 0 aromatic carbocycles. The van der Waals surface area contributed by atoms with Gasteiger partial charge in [-0.3, -0.25) is 0 Å². The van der Waals surface area contributed by atoms with E-state index in [1.807, 2.05) is 0 Å². The van der Waals surface area contributed by atoms with Crippen molar-refractivity contribution in [2.75, 3.05) is 0 Å². The maximum absolute atomic E-state index is 9.53. The van der Waals surface area contributed by atoms with Crippen LogP contribution >= 0.6 is 7.82 Å². The molecule has 88 valence electrons. The van der Waals surface area contributed by atoms with Crippen molar-refractivity contribution in [1.29, 1.82) is 0 Å². The topological polar surface area (TPSA) is 196 Å². The van der Waals surface area contributed by atoms with Crippen molar-refractivity contribution >= 4 is 7.82 Å². The van der Waals surface area contributed by atoms with E-state index in [4.69, 9.17) is 27.6 Å². The molecule has 0 rings (SSSR count). The van der Waals surface area contributed by atoms with E-state index in [1.165, 1.54) is 0 Å². The zero-order valence-electron chi connectivity index (χ0n) is 5.95. The standard InChI is InChI=1S/2Cr.H3O4P.2H2O.5O/c;;1-5(2,3)4;;;;;;;/h;;(H3,1,2,3,4);2*1H2;;;;;/q2*+1;;;;;;;;/p-2. The van der Waals surface area contributed by atoms with Crippen LogP contribution in [0.2, 0.25) is 0 Å². The van der Waals surface area contributed by atoms with Gasteiger partial charge in [0.05, 0.1) is 0 Å². The molecule has 0 saturated carbocycles. The van der Waals surface area contributed by atoms with E-state index in [0.717, 1.165) is 0 Å². The summed E-state index contributed by atoms with van der Waals surface area (Å²) in [5, 5.41) is 0. The summed E-state index contributed by atoms with van der Waals surface area (Å²) >= 11 is -11.5. The minimum absolute atomic E-state index is 2.83. The van der Waals surface area contributed by atoms with Gasteiger partial charge in [0.25, 0.3) is 0 Å². The van der Waals surface area contributed by atoms with E-state index in [1.54, 1.807) is 0 Å². The summed E-state index contributed by atoms with van der Waals surface area (Å²) in [6, 6.07) is 0. The van der Waals surface area contributed by atoms with Gasteiger partial charge in [-0.15, -0.1) is 0 Å². The zero-order chi connectivity index (χ0) is 12.2. The Morgan fingerprint density at radius 3 is 1.00 bits per heavy atom. The second-order valence-corrected chi connectivity index (χ2v) is 6.22. The summed E-state index contributed by atoms with van der Waals surface area (Å²) in [5.74, 6) is 0. The van der Waals surface area contributed by atoms with Gasteiger partial charge in [-0.25, -0.2) is 4.57 Å². The van der Waals surface area contributed by atoms with E-state index in [2.05, 4.69) is 2.84 Å². The Morgan fingerprint density at radius 2 is 1.00 bits per heavy atom. The third-order valence-electron chi connectivity index (χ3n) is 0.172.